The van der Waals surface area contributed by atoms with Crippen molar-refractivity contribution in [3.8, 4) is 79.2 Å². The lowest BCUT2D eigenvalue weighted by molar-refractivity contribution is 0.893. The fourth-order valence-electron chi connectivity index (χ4n) is 13.8. The molecule has 0 saturated carbocycles. The van der Waals surface area contributed by atoms with Crippen molar-refractivity contribution in [2.24, 2.45) is 0 Å². The molecule has 410 valence electrons. The number of para-hydroxylation sites is 6. The van der Waals surface area contributed by atoms with Gasteiger partial charge >= 0.3 is 0 Å². The van der Waals surface area contributed by atoms with E-state index in [1.807, 2.05) is 0 Å². The van der Waals surface area contributed by atoms with Crippen LogP contribution in [0.5, 0.6) is 0 Å². The van der Waals surface area contributed by atoms with Gasteiger partial charge in [0.15, 0.2) is 5.82 Å². The summed E-state index contributed by atoms with van der Waals surface area (Å²) in [6, 6.07) is 111. The van der Waals surface area contributed by atoms with Crippen LogP contribution in [0.3, 0.4) is 0 Å². The number of hydrogen-bond acceptors (Lipinski definition) is 3. The van der Waals surface area contributed by atoms with Gasteiger partial charge in [-0.05, 0) is 142 Å². The van der Waals surface area contributed by atoms with E-state index in [0.717, 1.165) is 111 Å². The number of nitrogens with zero attached hydrogens (tertiary/aromatic N) is 7. The maximum atomic E-state index is 5.69. The van der Waals surface area contributed by atoms with E-state index >= 15 is 0 Å². The molecule has 0 aliphatic rings. The standard InChI is InChI=1S/C81H51N7/c1-4-20-52(21-5-1)53-22-18-23-54(46-53)55-24-19-25-60(47-55)79-82-80(87-73-36-16-10-30-63(73)67-42-38-58(50-77(67)87)56-40-44-75-69(48-56)65-32-12-14-34-71(65)85(75)61-26-6-2-7-27-61)84-81(83-79)88-74-37-17-11-31-64(74)68-43-39-59(51-78(68)88)57-41-45-76-70(49-57)66-33-13-15-35-72(66)86(76)62-28-8-3-9-29-62/h1-51H. The van der Waals surface area contributed by atoms with Crippen LogP contribution in [0.25, 0.3) is 166 Å². The van der Waals surface area contributed by atoms with E-state index < -0.39 is 0 Å². The second-order valence-corrected chi connectivity index (χ2v) is 22.8. The van der Waals surface area contributed by atoms with E-state index in [1.165, 1.54) is 38.1 Å². The van der Waals surface area contributed by atoms with Crippen LogP contribution >= 0.6 is 0 Å². The average molecular weight is 1120 g/mol. The minimum atomic E-state index is 0.517. The molecule has 0 N–H and O–H groups in total. The van der Waals surface area contributed by atoms with Gasteiger partial charge in [0.2, 0.25) is 11.9 Å². The molecule has 0 atom stereocenters. The highest BCUT2D eigenvalue weighted by Crippen LogP contribution is 2.42. The molecule has 0 aliphatic heterocycles. The molecular formula is C81H51N7. The number of aromatic nitrogens is 7. The van der Waals surface area contributed by atoms with Gasteiger partial charge in [-0.3, -0.25) is 9.13 Å². The molecule has 0 aliphatic carbocycles. The van der Waals surface area contributed by atoms with Crippen molar-refractivity contribution >= 4 is 87.2 Å². The van der Waals surface area contributed by atoms with Crippen molar-refractivity contribution in [2.45, 2.75) is 0 Å². The highest BCUT2D eigenvalue weighted by molar-refractivity contribution is 6.14. The largest absolute Gasteiger partial charge is 0.309 e. The molecule has 88 heavy (non-hydrogen) atoms. The summed E-state index contributed by atoms with van der Waals surface area (Å²) in [4.78, 5) is 16.9. The molecule has 0 fully saturated rings. The Morgan fingerprint density at radius 3 is 0.943 bits per heavy atom. The maximum absolute atomic E-state index is 5.69. The topological polar surface area (TPSA) is 58.4 Å². The van der Waals surface area contributed by atoms with Gasteiger partial charge in [0.25, 0.3) is 0 Å². The third-order valence-corrected chi connectivity index (χ3v) is 17.8. The first-order chi connectivity index (χ1) is 43.6. The van der Waals surface area contributed by atoms with Crippen molar-refractivity contribution in [2.75, 3.05) is 0 Å². The summed E-state index contributed by atoms with van der Waals surface area (Å²) in [6.45, 7) is 0. The number of benzene rings is 13. The van der Waals surface area contributed by atoms with Gasteiger partial charge in [0.1, 0.15) is 0 Å². The van der Waals surface area contributed by atoms with Gasteiger partial charge < -0.3 is 9.13 Å². The molecule has 18 rings (SSSR count). The van der Waals surface area contributed by atoms with Crippen LogP contribution in [-0.4, -0.2) is 33.2 Å². The minimum absolute atomic E-state index is 0.517. The van der Waals surface area contributed by atoms with E-state index in [4.69, 9.17) is 15.0 Å². The Kier molecular flexibility index (Phi) is 11.2. The zero-order valence-corrected chi connectivity index (χ0v) is 47.6. The van der Waals surface area contributed by atoms with Gasteiger partial charge in [-0.2, -0.15) is 15.0 Å². The summed E-state index contributed by atoms with van der Waals surface area (Å²) in [5.74, 6) is 1.60. The zero-order valence-electron chi connectivity index (χ0n) is 47.6. The first-order valence-electron chi connectivity index (χ1n) is 29.9. The molecule has 0 amide bonds. The minimum Gasteiger partial charge on any atom is -0.309 e. The monoisotopic (exact) mass is 1120 g/mol. The highest BCUT2D eigenvalue weighted by atomic mass is 15.3. The van der Waals surface area contributed by atoms with E-state index in [-0.39, 0.29) is 0 Å². The Labute approximate surface area is 506 Å². The van der Waals surface area contributed by atoms with Crippen LogP contribution in [0, 0.1) is 0 Å². The second kappa shape index (κ2) is 19.8. The average Bonchev–Trinajstić information content (AvgIpc) is 1.76. The second-order valence-electron chi connectivity index (χ2n) is 22.8. The predicted molar refractivity (Wildman–Crippen MR) is 364 cm³/mol. The third kappa shape index (κ3) is 7.88. The normalized spacial score (nSPS) is 11.9. The van der Waals surface area contributed by atoms with Gasteiger partial charge in [-0.25, -0.2) is 0 Å². The molecule has 0 radical (unpaired) electrons. The van der Waals surface area contributed by atoms with Gasteiger partial charge in [0.05, 0.1) is 44.1 Å². The van der Waals surface area contributed by atoms with Gasteiger partial charge in [-0.1, -0.05) is 212 Å². The molecule has 5 heterocycles. The molecule has 0 saturated heterocycles. The van der Waals surface area contributed by atoms with Crippen LogP contribution in [0.1, 0.15) is 0 Å². The summed E-state index contributed by atoms with van der Waals surface area (Å²) in [5.41, 5.74) is 20.7. The van der Waals surface area contributed by atoms with Crippen molar-refractivity contribution in [1.29, 1.82) is 0 Å². The van der Waals surface area contributed by atoms with Gasteiger partial charge in [-0.15, -0.1) is 0 Å². The molecule has 7 nitrogen and oxygen atoms in total. The van der Waals surface area contributed by atoms with E-state index in [2.05, 4.69) is 328 Å². The molecule has 0 spiro atoms. The van der Waals surface area contributed by atoms with Crippen LogP contribution in [0.2, 0.25) is 0 Å². The summed E-state index contributed by atoms with van der Waals surface area (Å²) >= 11 is 0. The lowest BCUT2D eigenvalue weighted by atomic mass is 9.98. The number of rotatable bonds is 9. The SMILES string of the molecule is c1ccc(-c2cccc(-c3cccc(-c4nc(-n5c6ccccc6c6ccc(-c7ccc8c(c7)c7ccccc7n8-c7ccccc7)cc65)nc(-n5c6ccccc6c6ccc(-c7ccc8c(c7)c7ccccc7n8-c7ccccc7)cc65)n4)c3)c2)cc1. The van der Waals surface area contributed by atoms with Gasteiger partial charge in [0, 0.05) is 60.0 Å². The fourth-order valence-corrected chi connectivity index (χ4v) is 13.8. The van der Waals surface area contributed by atoms with Crippen LogP contribution < -0.4 is 0 Å². The Bertz CT molecular complexity index is 5520. The lowest BCUT2D eigenvalue weighted by Crippen LogP contribution is -2.10. The molecule has 13 aromatic carbocycles. The number of fused-ring (bicyclic) bond motifs is 12. The van der Waals surface area contributed by atoms with Crippen LogP contribution in [0.15, 0.2) is 309 Å². The molecule has 7 heteroatoms. The fraction of sp³-hybridized carbons (Fsp3) is 0. The van der Waals surface area contributed by atoms with Crippen molar-refractivity contribution in [3.05, 3.63) is 309 Å². The summed E-state index contributed by atoms with van der Waals surface area (Å²) in [6.07, 6.45) is 0. The first kappa shape index (κ1) is 49.5. The summed E-state index contributed by atoms with van der Waals surface area (Å²) in [7, 11) is 0. The molecule has 0 bridgehead atoms. The summed E-state index contributed by atoms with van der Waals surface area (Å²) < 4.78 is 9.23. The Morgan fingerprint density at radius 1 is 0.170 bits per heavy atom. The molecule has 0 unspecified atom stereocenters. The van der Waals surface area contributed by atoms with Crippen molar-refractivity contribution in [3.63, 3.8) is 0 Å². The quantitative estimate of drug-likeness (QED) is 0.145. The number of hydrogen-bond donors (Lipinski definition) is 0. The first-order valence-corrected chi connectivity index (χ1v) is 29.9. The predicted octanol–water partition coefficient (Wildman–Crippen LogP) is 20.6. The highest BCUT2D eigenvalue weighted by Gasteiger charge is 2.23. The van der Waals surface area contributed by atoms with Crippen LogP contribution in [-0.2, 0) is 0 Å². The van der Waals surface area contributed by atoms with E-state index in [0.29, 0.717) is 17.7 Å². The van der Waals surface area contributed by atoms with E-state index in [1.54, 1.807) is 0 Å². The zero-order chi connectivity index (χ0) is 57.8. The third-order valence-electron chi connectivity index (χ3n) is 17.8. The van der Waals surface area contributed by atoms with Crippen molar-refractivity contribution in [1.82, 2.24) is 33.2 Å². The Balaban J connectivity index is 0.852. The molecule has 18 aromatic rings. The maximum Gasteiger partial charge on any atom is 0.240 e. The van der Waals surface area contributed by atoms with E-state index in [9.17, 15) is 0 Å². The Morgan fingerprint density at radius 2 is 0.477 bits per heavy atom. The lowest BCUT2D eigenvalue weighted by Gasteiger charge is -2.14. The van der Waals surface area contributed by atoms with Crippen molar-refractivity contribution < 1.29 is 0 Å². The van der Waals surface area contributed by atoms with Crippen LogP contribution in [0.4, 0.5) is 0 Å². The molecular weight excluding hydrogens is 1070 g/mol. The molecule has 5 aromatic heterocycles. The Hall–Kier alpha value is -11.9. The smallest absolute Gasteiger partial charge is 0.240 e. The summed E-state index contributed by atoms with van der Waals surface area (Å²) in [5, 5.41) is 9.25.